The lowest BCUT2D eigenvalue weighted by atomic mass is 10.1. The Morgan fingerprint density at radius 2 is 1.89 bits per heavy atom. The number of amides is 2. The highest BCUT2D eigenvalue weighted by atomic mass is 16.5. The molecule has 1 N–H and O–H groups in total. The number of aryl methyl sites for hydroxylation is 1. The maximum absolute atomic E-state index is 12.2. The van der Waals surface area contributed by atoms with Gasteiger partial charge in [0.25, 0.3) is 0 Å². The molecule has 0 aromatic heterocycles. The number of hydrogen-bond acceptors (Lipinski definition) is 4. The van der Waals surface area contributed by atoms with Gasteiger partial charge in [0.1, 0.15) is 0 Å². The SMILES string of the molecule is COc1cccc(CCC(=O)NCc2ccc(N3CCCC3=O)cc2)c1OC. The Labute approximate surface area is 165 Å². The lowest BCUT2D eigenvalue weighted by Crippen LogP contribution is -2.24. The highest BCUT2D eigenvalue weighted by molar-refractivity contribution is 5.95. The molecule has 0 saturated carbocycles. The van der Waals surface area contributed by atoms with E-state index >= 15 is 0 Å². The minimum absolute atomic E-state index is 0.0244. The summed E-state index contributed by atoms with van der Waals surface area (Å²) in [5, 5.41) is 2.94. The van der Waals surface area contributed by atoms with Gasteiger partial charge in [0.15, 0.2) is 11.5 Å². The van der Waals surface area contributed by atoms with Gasteiger partial charge in [-0.2, -0.15) is 0 Å². The van der Waals surface area contributed by atoms with Crippen molar-refractivity contribution in [2.45, 2.75) is 32.2 Å². The average Bonchev–Trinajstić information content (AvgIpc) is 3.16. The molecule has 1 fully saturated rings. The Hall–Kier alpha value is -3.02. The Kier molecular flexibility index (Phi) is 6.53. The van der Waals surface area contributed by atoms with Gasteiger partial charge in [0.05, 0.1) is 14.2 Å². The number of ether oxygens (including phenoxy) is 2. The summed E-state index contributed by atoms with van der Waals surface area (Å²) < 4.78 is 10.7. The maximum Gasteiger partial charge on any atom is 0.227 e. The fraction of sp³-hybridized carbons (Fsp3) is 0.364. The van der Waals surface area contributed by atoms with Crippen LogP contribution in [0.25, 0.3) is 0 Å². The second-order valence-electron chi connectivity index (χ2n) is 6.74. The van der Waals surface area contributed by atoms with Gasteiger partial charge < -0.3 is 19.7 Å². The van der Waals surface area contributed by atoms with E-state index in [-0.39, 0.29) is 11.8 Å². The van der Waals surface area contributed by atoms with E-state index in [1.54, 1.807) is 14.2 Å². The van der Waals surface area contributed by atoms with Crippen molar-refractivity contribution < 1.29 is 19.1 Å². The van der Waals surface area contributed by atoms with Gasteiger partial charge in [-0.05, 0) is 42.2 Å². The highest BCUT2D eigenvalue weighted by Gasteiger charge is 2.21. The summed E-state index contributed by atoms with van der Waals surface area (Å²) >= 11 is 0. The minimum Gasteiger partial charge on any atom is -0.493 e. The normalized spacial score (nSPS) is 13.5. The summed E-state index contributed by atoms with van der Waals surface area (Å²) in [4.78, 5) is 25.8. The Balaban J connectivity index is 1.50. The summed E-state index contributed by atoms with van der Waals surface area (Å²) in [6.45, 7) is 1.24. The van der Waals surface area contributed by atoms with Crippen molar-refractivity contribution in [1.29, 1.82) is 0 Å². The van der Waals surface area contributed by atoms with Crippen LogP contribution >= 0.6 is 0 Å². The molecule has 6 nitrogen and oxygen atoms in total. The van der Waals surface area contributed by atoms with E-state index in [9.17, 15) is 9.59 Å². The molecule has 0 unspecified atom stereocenters. The second kappa shape index (κ2) is 9.26. The van der Waals surface area contributed by atoms with Crippen LogP contribution in [0.2, 0.25) is 0 Å². The number of benzene rings is 2. The zero-order chi connectivity index (χ0) is 19.9. The molecule has 0 atom stereocenters. The van der Waals surface area contributed by atoms with E-state index < -0.39 is 0 Å². The van der Waals surface area contributed by atoms with Crippen LogP contribution in [0, 0.1) is 0 Å². The molecule has 1 aliphatic rings. The highest BCUT2D eigenvalue weighted by Crippen LogP contribution is 2.31. The van der Waals surface area contributed by atoms with Crippen LogP contribution in [0.15, 0.2) is 42.5 Å². The summed E-state index contributed by atoms with van der Waals surface area (Å²) in [5.74, 6) is 1.49. The zero-order valence-corrected chi connectivity index (χ0v) is 16.4. The van der Waals surface area contributed by atoms with Gasteiger partial charge >= 0.3 is 0 Å². The van der Waals surface area contributed by atoms with Gasteiger partial charge in [-0.25, -0.2) is 0 Å². The first-order valence-electron chi connectivity index (χ1n) is 9.48. The quantitative estimate of drug-likeness (QED) is 0.762. The fourth-order valence-electron chi connectivity index (χ4n) is 3.40. The molecule has 2 aromatic carbocycles. The second-order valence-corrected chi connectivity index (χ2v) is 6.74. The number of carbonyl (C=O) groups is 2. The molecule has 148 valence electrons. The number of hydrogen-bond donors (Lipinski definition) is 1. The van der Waals surface area contributed by atoms with Crippen LogP contribution in [0.3, 0.4) is 0 Å². The first kappa shape index (κ1) is 19.7. The summed E-state index contributed by atoms with van der Waals surface area (Å²) in [7, 11) is 3.19. The van der Waals surface area contributed by atoms with Crippen LogP contribution < -0.4 is 19.7 Å². The first-order valence-corrected chi connectivity index (χ1v) is 9.48. The first-order chi connectivity index (χ1) is 13.6. The monoisotopic (exact) mass is 382 g/mol. The molecule has 1 aliphatic heterocycles. The number of methoxy groups -OCH3 is 2. The number of nitrogens with one attached hydrogen (secondary N) is 1. The van der Waals surface area contributed by atoms with Gasteiger partial charge in [0, 0.05) is 31.6 Å². The Bertz CT molecular complexity index is 833. The van der Waals surface area contributed by atoms with E-state index in [1.807, 2.05) is 47.4 Å². The summed E-state index contributed by atoms with van der Waals surface area (Å²) in [5.41, 5.74) is 2.86. The number of rotatable bonds is 8. The van der Waals surface area contributed by atoms with E-state index in [0.717, 1.165) is 29.8 Å². The molecular weight excluding hydrogens is 356 g/mol. The molecule has 0 bridgehead atoms. The Morgan fingerprint density at radius 1 is 1.11 bits per heavy atom. The lowest BCUT2D eigenvalue weighted by Gasteiger charge is -2.16. The molecule has 2 aromatic rings. The number of para-hydroxylation sites is 1. The molecule has 3 rings (SSSR count). The molecule has 6 heteroatoms. The van der Waals surface area contributed by atoms with Crippen molar-refractivity contribution in [3.05, 3.63) is 53.6 Å². The fourth-order valence-corrected chi connectivity index (χ4v) is 3.40. The van der Waals surface area contributed by atoms with Crippen LogP contribution in [-0.2, 0) is 22.6 Å². The van der Waals surface area contributed by atoms with Crippen molar-refractivity contribution in [3.63, 3.8) is 0 Å². The number of anilines is 1. The van der Waals surface area contributed by atoms with Crippen LogP contribution in [0.4, 0.5) is 5.69 Å². The van der Waals surface area contributed by atoms with Crippen molar-refractivity contribution in [1.82, 2.24) is 5.32 Å². The molecule has 1 heterocycles. The third-order valence-corrected chi connectivity index (χ3v) is 4.92. The van der Waals surface area contributed by atoms with Crippen LogP contribution in [-0.4, -0.2) is 32.6 Å². The maximum atomic E-state index is 12.2. The predicted molar refractivity (Wildman–Crippen MR) is 108 cm³/mol. The molecule has 1 saturated heterocycles. The molecule has 0 aliphatic carbocycles. The number of nitrogens with zero attached hydrogens (tertiary/aromatic N) is 1. The largest absolute Gasteiger partial charge is 0.493 e. The zero-order valence-electron chi connectivity index (χ0n) is 16.4. The minimum atomic E-state index is -0.0244. The topological polar surface area (TPSA) is 67.9 Å². The van der Waals surface area contributed by atoms with Crippen LogP contribution in [0.5, 0.6) is 11.5 Å². The van der Waals surface area contributed by atoms with Crippen LogP contribution in [0.1, 0.15) is 30.4 Å². The van der Waals surface area contributed by atoms with Crippen molar-refractivity contribution in [2.75, 3.05) is 25.7 Å². The van der Waals surface area contributed by atoms with Gasteiger partial charge in [-0.15, -0.1) is 0 Å². The Morgan fingerprint density at radius 3 is 2.54 bits per heavy atom. The molecule has 0 radical (unpaired) electrons. The standard InChI is InChI=1S/C22H26N2O4/c1-27-19-6-3-5-17(22(19)28-2)10-13-20(25)23-15-16-8-11-18(12-9-16)24-14-4-7-21(24)26/h3,5-6,8-9,11-12H,4,7,10,13-15H2,1-2H3,(H,23,25). The van der Waals surface area contributed by atoms with Crippen molar-refractivity contribution in [2.24, 2.45) is 0 Å². The van der Waals surface area contributed by atoms with Crippen molar-refractivity contribution >= 4 is 17.5 Å². The van der Waals surface area contributed by atoms with Crippen molar-refractivity contribution in [3.8, 4) is 11.5 Å². The molecule has 2 amide bonds. The lowest BCUT2D eigenvalue weighted by molar-refractivity contribution is -0.121. The summed E-state index contributed by atoms with van der Waals surface area (Å²) in [6, 6.07) is 13.4. The van der Waals surface area contributed by atoms with E-state index in [4.69, 9.17) is 9.47 Å². The van der Waals surface area contributed by atoms with Gasteiger partial charge in [-0.3, -0.25) is 9.59 Å². The third kappa shape index (κ3) is 4.63. The predicted octanol–water partition coefficient (Wildman–Crippen LogP) is 3.08. The molecule has 28 heavy (non-hydrogen) atoms. The molecule has 0 spiro atoms. The van der Waals surface area contributed by atoms with E-state index in [1.165, 1.54) is 0 Å². The van der Waals surface area contributed by atoms with E-state index in [2.05, 4.69) is 5.32 Å². The number of carbonyl (C=O) groups excluding carboxylic acids is 2. The van der Waals surface area contributed by atoms with Gasteiger partial charge in [0.2, 0.25) is 11.8 Å². The average molecular weight is 382 g/mol. The van der Waals surface area contributed by atoms with Gasteiger partial charge in [-0.1, -0.05) is 24.3 Å². The summed E-state index contributed by atoms with van der Waals surface area (Å²) in [6.07, 6.45) is 2.47. The third-order valence-electron chi connectivity index (χ3n) is 4.92. The van der Waals surface area contributed by atoms with E-state index in [0.29, 0.717) is 37.3 Å². The molecular formula is C22H26N2O4. The smallest absolute Gasteiger partial charge is 0.227 e.